The normalized spacial score (nSPS) is 20.2. The van der Waals surface area contributed by atoms with E-state index in [9.17, 15) is 14.0 Å². The van der Waals surface area contributed by atoms with E-state index in [1.165, 1.54) is 17.7 Å². The fourth-order valence-corrected chi connectivity index (χ4v) is 4.00. The van der Waals surface area contributed by atoms with Crippen molar-refractivity contribution in [3.63, 3.8) is 0 Å². The van der Waals surface area contributed by atoms with E-state index in [-0.39, 0.29) is 36.8 Å². The third kappa shape index (κ3) is 6.71. The molecule has 2 aromatic rings. The summed E-state index contributed by atoms with van der Waals surface area (Å²) in [5.41, 5.74) is 7.88. The maximum atomic E-state index is 13.9. The smallest absolute Gasteiger partial charge is 0.247 e. The Bertz CT molecular complexity index is 1020. The average molecular weight is 473 g/mol. The van der Waals surface area contributed by atoms with Gasteiger partial charge in [0, 0.05) is 24.1 Å². The number of ether oxygens (including phenoxy) is 1. The summed E-state index contributed by atoms with van der Waals surface area (Å²) in [6.07, 6.45) is 4.85. The molecule has 2 amide bonds. The molecular formula is C24H33FN6O3. The molecule has 34 heavy (non-hydrogen) atoms. The fraction of sp³-hybridized carbons (Fsp3) is 0.500. The SMILES string of the molecule is CCC(CC)O[C@@H]1C=C(C(=O)NCc2cn(Cc3ccccc3F)nn2)C[C@H](N)[C@H]1NC(C)=O. The zero-order valence-corrected chi connectivity index (χ0v) is 19.8. The number of nitrogens with one attached hydrogen (secondary N) is 2. The highest BCUT2D eigenvalue weighted by Gasteiger charge is 2.35. The van der Waals surface area contributed by atoms with E-state index >= 15 is 0 Å². The second-order valence-corrected chi connectivity index (χ2v) is 8.51. The first-order valence-electron chi connectivity index (χ1n) is 11.6. The quantitative estimate of drug-likeness (QED) is 0.485. The van der Waals surface area contributed by atoms with Crippen LogP contribution >= 0.6 is 0 Å². The van der Waals surface area contributed by atoms with Crippen LogP contribution in [0.1, 0.15) is 51.3 Å². The summed E-state index contributed by atoms with van der Waals surface area (Å²) in [5.74, 6) is -0.784. The first-order chi connectivity index (χ1) is 16.3. The lowest BCUT2D eigenvalue weighted by atomic mass is 9.87. The summed E-state index contributed by atoms with van der Waals surface area (Å²) in [7, 11) is 0. The van der Waals surface area contributed by atoms with Crippen LogP contribution in [-0.2, 0) is 27.4 Å². The Hall–Kier alpha value is -3.11. The van der Waals surface area contributed by atoms with Gasteiger partial charge in [0.05, 0.1) is 37.5 Å². The molecule has 184 valence electrons. The molecule has 3 atom stereocenters. The lowest BCUT2D eigenvalue weighted by Crippen LogP contribution is -2.57. The highest BCUT2D eigenvalue weighted by molar-refractivity contribution is 5.93. The van der Waals surface area contributed by atoms with E-state index in [4.69, 9.17) is 10.5 Å². The molecule has 9 nitrogen and oxygen atoms in total. The Kier molecular flexibility index (Phi) is 8.89. The van der Waals surface area contributed by atoms with E-state index in [0.29, 0.717) is 23.3 Å². The van der Waals surface area contributed by atoms with Gasteiger partial charge in [-0.3, -0.25) is 9.59 Å². The van der Waals surface area contributed by atoms with Gasteiger partial charge in [0.25, 0.3) is 0 Å². The highest BCUT2D eigenvalue weighted by Crippen LogP contribution is 2.23. The van der Waals surface area contributed by atoms with Crippen molar-refractivity contribution in [2.45, 2.75) is 77.4 Å². The molecule has 1 aliphatic rings. The highest BCUT2D eigenvalue weighted by atomic mass is 19.1. The Morgan fingerprint density at radius 2 is 2.03 bits per heavy atom. The minimum absolute atomic E-state index is 0.00314. The predicted molar refractivity (Wildman–Crippen MR) is 125 cm³/mol. The number of halogens is 1. The summed E-state index contributed by atoms with van der Waals surface area (Å²) in [5, 5.41) is 13.8. The molecule has 3 rings (SSSR count). The zero-order chi connectivity index (χ0) is 24.7. The van der Waals surface area contributed by atoms with Crippen LogP contribution in [0.25, 0.3) is 0 Å². The molecule has 0 aliphatic heterocycles. The minimum atomic E-state index is -0.500. The number of benzene rings is 1. The zero-order valence-electron chi connectivity index (χ0n) is 19.8. The van der Waals surface area contributed by atoms with Crippen LogP contribution in [0, 0.1) is 5.82 Å². The topological polar surface area (TPSA) is 124 Å². The maximum Gasteiger partial charge on any atom is 0.247 e. The van der Waals surface area contributed by atoms with Crippen LogP contribution in [0.3, 0.4) is 0 Å². The number of hydrogen-bond acceptors (Lipinski definition) is 6. The third-order valence-electron chi connectivity index (χ3n) is 5.86. The molecule has 0 unspecified atom stereocenters. The molecule has 1 heterocycles. The summed E-state index contributed by atoms with van der Waals surface area (Å²) in [6.45, 7) is 5.90. The van der Waals surface area contributed by atoms with E-state index < -0.39 is 18.2 Å². The average Bonchev–Trinajstić information content (AvgIpc) is 3.26. The molecule has 0 radical (unpaired) electrons. The van der Waals surface area contributed by atoms with Crippen molar-refractivity contribution in [3.8, 4) is 0 Å². The molecule has 0 bridgehead atoms. The molecule has 0 saturated heterocycles. The van der Waals surface area contributed by atoms with Crippen molar-refractivity contribution in [1.82, 2.24) is 25.6 Å². The summed E-state index contributed by atoms with van der Waals surface area (Å²) in [4.78, 5) is 24.6. The molecule has 0 spiro atoms. The van der Waals surface area contributed by atoms with Gasteiger partial charge in [-0.15, -0.1) is 5.10 Å². The summed E-state index contributed by atoms with van der Waals surface area (Å²) >= 11 is 0. The second kappa shape index (κ2) is 11.8. The lowest BCUT2D eigenvalue weighted by molar-refractivity contribution is -0.121. The number of amides is 2. The van der Waals surface area contributed by atoms with Crippen molar-refractivity contribution in [2.24, 2.45) is 5.73 Å². The van der Waals surface area contributed by atoms with Crippen LogP contribution in [0.5, 0.6) is 0 Å². The molecule has 1 aromatic heterocycles. The first-order valence-corrected chi connectivity index (χ1v) is 11.6. The van der Waals surface area contributed by atoms with Gasteiger partial charge in [0.15, 0.2) is 0 Å². The minimum Gasteiger partial charge on any atom is -0.369 e. The molecule has 4 N–H and O–H groups in total. The van der Waals surface area contributed by atoms with E-state index in [1.807, 2.05) is 13.8 Å². The molecule has 1 aromatic carbocycles. The van der Waals surface area contributed by atoms with E-state index in [1.54, 1.807) is 30.5 Å². The van der Waals surface area contributed by atoms with Crippen LogP contribution in [0.2, 0.25) is 0 Å². The molecule has 10 heteroatoms. The number of carbonyl (C=O) groups is 2. The number of rotatable bonds is 10. The summed E-state index contributed by atoms with van der Waals surface area (Å²) < 4.78 is 21.6. The predicted octanol–water partition coefficient (Wildman–Crippen LogP) is 1.82. The third-order valence-corrected chi connectivity index (χ3v) is 5.86. The molecule has 0 fully saturated rings. The van der Waals surface area contributed by atoms with Gasteiger partial charge in [-0.25, -0.2) is 9.07 Å². The van der Waals surface area contributed by atoms with Gasteiger partial charge in [-0.1, -0.05) is 37.3 Å². The van der Waals surface area contributed by atoms with Crippen LogP contribution < -0.4 is 16.4 Å². The fourth-order valence-electron chi connectivity index (χ4n) is 4.00. The Labute approximate surface area is 198 Å². The van der Waals surface area contributed by atoms with Gasteiger partial charge < -0.3 is 21.1 Å². The molecule has 0 saturated carbocycles. The van der Waals surface area contributed by atoms with Crippen molar-refractivity contribution in [2.75, 3.05) is 0 Å². The number of nitrogens with zero attached hydrogens (tertiary/aromatic N) is 3. The van der Waals surface area contributed by atoms with Gasteiger partial charge in [0.1, 0.15) is 11.5 Å². The van der Waals surface area contributed by atoms with Crippen LogP contribution in [0.15, 0.2) is 42.1 Å². The van der Waals surface area contributed by atoms with Crippen LogP contribution in [-0.4, -0.2) is 51.1 Å². The summed E-state index contributed by atoms with van der Waals surface area (Å²) in [6, 6.07) is 5.60. The second-order valence-electron chi connectivity index (χ2n) is 8.51. The molecular weight excluding hydrogens is 439 g/mol. The van der Waals surface area contributed by atoms with Crippen LogP contribution in [0.4, 0.5) is 4.39 Å². The van der Waals surface area contributed by atoms with Gasteiger partial charge in [-0.05, 0) is 31.4 Å². The first kappa shape index (κ1) is 25.5. The number of carbonyl (C=O) groups excluding carboxylic acids is 2. The number of nitrogens with two attached hydrogens (primary N) is 1. The lowest BCUT2D eigenvalue weighted by Gasteiger charge is -2.36. The maximum absolute atomic E-state index is 13.9. The van der Waals surface area contributed by atoms with Gasteiger partial charge in [0.2, 0.25) is 11.8 Å². The van der Waals surface area contributed by atoms with E-state index in [0.717, 1.165) is 12.8 Å². The van der Waals surface area contributed by atoms with Crippen molar-refractivity contribution in [3.05, 3.63) is 59.2 Å². The standard InChI is InChI=1S/C24H33FN6O3/c1-4-19(5-2)34-22-11-17(10-21(26)23(22)28-15(3)32)24(33)27-12-18-14-31(30-29-18)13-16-8-6-7-9-20(16)25/h6-9,11,14,19,21-23H,4-5,10,12-13,26H2,1-3H3,(H,27,33)(H,28,32)/t21-,22+,23+/m0/s1. The number of hydrogen-bond donors (Lipinski definition) is 3. The largest absolute Gasteiger partial charge is 0.369 e. The Balaban J connectivity index is 1.65. The van der Waals surface area contributed by atoms with Gasteiger partial charge >= 0.3 is 0 Å². The monoisotopic (exact) mass is 472 g/mol. The van der Waals surface area contributed by atoms with Crippen molar-refractivity contribution >= 4 is 11.8 Å². The Morgan fingerprint density at radius 1 is 1.29 bits per heavy atom. The van der Waals surface area contributed by atoms with Crippen molar-refractivity contribution in [1.29, 1.82) is 0 Å². The Morgan fingerprint density at radius 3 is 2.71 bits per heavy atom. The number of aromatic nitrogens is 3. The van der Waals surface area contributed by atoms with Gasteiger partial charge in [-0.2, -0.15) is 0 Å². The molecule has 1 aliphatic carbocycles. The van der Waals surface area contributed by atoms with Crippen molar-refractivity contribution < 1.29 is 18.7 Å². The van der Waals surface area contributed by atoms with E-state index in [2.05, 4.69) is 20.9 Å².